The minimum atomic E-state index is -0.743. The Labute approximate surface area is 118 Å². The molecular formula is C14H18ClN3O. The standard InChI is InChI=1S/C14H18ClN3O/c1-13(2,14(3,4)17)12(19)18-10-6-5-9(8-16)11(15)7-10/h5-7H,17H2,1-4H3,(H,18,19). The van der Waals surface area contributed by atoms with Crippen molar-refractivity contribution >= 4 is 23.2 Å². The van der Waals surface area contributed by atoms with E-state index in [2.05, 4.69) is 5.32 Å². The van der Waals surface area contributed by atoms with E-state index in [1.54, 1.807) is 45.9 Å². The molecule has 0 atom stereocenters. The summed E-state index contributed by atoms with van der Waals surface area (Å²) in [5.41, 5.74) is 5.53. The van der Waals surface area contributed by atoms with Crippen LogP contribution in [0.4, 0.5) is 5.69 Å². The molecule has 0 aliphatic carbocycles. The number of anilines is 1. The maximum atomic E-state index is 12.2. The molecule has 19 heavy (non-hydrogen) atoms. The summed E-state index contributed by atoms with van der Waals surface area (Å²) in [5, 5.41) is 11.9. The smallest absolute Gasteiger partial charge is 0.231 e. The van der Waals surface area contributed by atoms with Gasteiger partial charge in [0.2, 0.25) is 5.91 Å². The van der Waals surface area contributed by atoms with Gasteiger partial charge in [0.1, 0.15) is 6.07 Å². The summed E-state index contributed by atoms with van der Waals surface area (Å²) in [5.74, 6) is -0.194. The van der Waals surface area contributed by atoms with Crippen LogP contribution in [0, 0.1) is 16.7 Å². The molecule has 0 saturated carbocycles. The van der Waals surface area contributed by atoms with Crippen molar-refractivity contribution in [1.29, 1.82) is 5.26 Å². The van der Waals surface area contributed by atoms with Crippen LogP contribution in [-0.4, -0.2) is 11.4 Å². The third-order valence-electron chi connectivity index (χ3n) is 3.53. The van der Waals surface area contributed by atoms with Crippen molar-refractivity contribution < 1.29 is 4.79 Å². The SMILES string of the molecule is CC(C)(N)C(C)(C)C(=O)Nc1ccc(C#N)c(Cl)c1. The Morgan fingerprint density at radius 1 is 1.37 bits per heavy atom. The van der Waals surface area contributed by atoms with Gasteiger partial charge in [-0.1, -0.05) is 11.6 Å². The van der Waals surface area contributed by atoms with Gasteiger partial charge in [0.05, 0.1) is 16.0 Å². The molecule has 1 amide bonds. The molecule has 0 aliphatic rings. The number of nitrogens with zero attached hydrogens (tertiary/aromatic N) is 1. The summed E-state index contributed by atoms with van der Waals surface area (Å²) in [4.78, 5) is 12.2. The van der Waals surface area contributed by atoms with Crippen molar-refractivity contribution in [2.45, 2.75) is 33.2 Å². The van der Waals surface area contributed by atoms with Crippen molar-refractivity contribution in [3.8, 4) is 6.07 Å². The number of nitrogens with two attached hydrogens (primary N) is 1. The maximum Gasteiger partial charge on any atom is 0.231 e. The highest BCUT2D eigenvalue weighted by Crippen LogP contribution is 2.30. The zero-order valence-electron chi connectivity index (χ0n) is 11.5. The molecule has 0 aliphatic heterocycles. The van der Waals surface area contributed by atoms with Gasteiger partial charge in [-0.2, -0.15) is 5.26 Å². The molecule has 0 fully saturated rings. The second-order valence-electron chi connectivity index (χ2n) is 5.61. The Morgan fingerprint density at radius 2 is 1.95 bits per heavy atom. The van der Waals surface area contributed by atoms with E-state index in [1.165, 1.54) is 0 Å². The molecule has 0 saturated heterocycles. The fourth-order valence-corrected chi connectivity index (χ4v) is 1.49. The number of hydrogen-bond donors (Lipinski definition) is 2. The van der Waals surface area contributed by atoms with Crippen LogP contribution in [0.5, 0.6) is 0 Å². The number of carbonyl (C=O) groups excluding carboxylic acids is 1. The molecule has 0 bridgehead atoms. The second kappa shape index (κ2) is 5.20. The molecule has 102 valence electrons. The normalized spacial score (nSPS) is 11.8. The predicted octanol–water partition coefficient (Wildman–Crippen LogP) is 2.91. The molecule has 0 unspecified atom stereocenters. The number of halogens is 1. The Morgan fingerprint density at radius 3 is 2.37 bits per heavy atom. The average Bonchev–Trinajstić information content (AvgIpc) is 2.27. The van der Waals surface area contributed by atoms with Crippen molar-refractivity contribution in [1.82, 2.24) is 0 Å². The molecule has 4 nitrogen and oxygen atoms in total. The Kier molecular flexibility index (Phi) is 4.24. The molecule has 0 radical (unpaired) electrons. The minimum absolute atomic E-state index is 0.194. The first kappa shape index (κ1) is 15.5. The first-order valence-electron chi connectivity index (χ1n) is 5.89. The second-order valence-corrected chi connectivity index (χ2v) is 6.01. The molecular weight excluding hydrogens is 262 g/mol. The van der Waals surface area contributed by atoms with Crippen LogP contribution in [-0.2, 0) is 4.79 Å². The molecule has 0 aromatic heterocycles. The van der Waals surface area contributed by atoms with Crippen LogP contribution in [0.3, 0.4) is 0 Å². The monoisotopic (exact) mass is 279 g/mol. The summed E-state index contributed by atoms with van der Waals surface area (Å²) in [6, 6.07) is 6.73. The van der Waals surface area contributed by atoms with Gasteiger partial charge in [-0.25, -0.2) is 0 Å². The van der Waals surface area contributed by atoms with E-state index in [1.807, 2.05) is 6.07 Å². The fraction of sp³-hybridized carbons (Fsp3) is 0.429. The number of benzene rings is 1. The van der Waals surface area contributed by atoms with Gasteiger partial charge in [0.15, 0.2) is 0 Å². The van der Waals surface area contributed by atoms with E-state index in [0.29, 0.717) is 16.3 Å². The van der Waals surface area contributed by atoms with Gasteiger partial charge in [-0.15, -0.1) is 0 Å². The van der Waals surface area contributed by atoms with E-state index in [9.17, 15) is 4.79 Å². The summed E-state index contributed by atoms with van der Waals surface area (Å²) in [6.45, 7) is 7.18. The van der Waals surface area contributed by atoms with Gasteiger partial charge in [0.25, 0.3) is 0 Å². The largest absolute Gasteiger partial charge is 0.326 e. The van der Waals surface area contributed by atoms with Crippen molar-refractivity contribution in [2.24, 2.45) is 11.1 Å². The Bertz CT molecular complexity index is 539. The summed E-state index contributed by atoms with van der Waals surface area (Å²) < 4.78 is 0. The first-order valence-corrected chi connectivity index (χ1v) is 6.27. The molecule has 5 heteroatoms. The number of hydrogen-bond acceptors (Lipinski definition) is 3. The highest BCUT2D eigenvalue weighted by atomic mass is 35.5. The quantitative estimate of drug-likeness (QED) is 0.893. The molecule has 0 spiro atoms. The van der Waals surface area contributed by atoms with Crippen LogP contribution >= 0.6 is 11.6 Å². The number of carbonyl (C=O) groups is 1. The van der Waals surface area contributed by atoms with E-state index in [0.717, 1.165) is 0 Å². The van der Waals surface area contributed by atoms with Gasteiger partial charge < -0.3 is 11.1 Å². The van der Waals surface area contributed by atoms with E-state index in [4.69, 9.17) is 22.6 Å². The molecule has 3 N–H and O–H groups in total. The lowest BCUT2D eigenvalue weighted by atomic mass is 9.74. The van der Waals surface area contributed by atoms with Crippen LogP contribution in [0.2, 0.25) is 5.02 Å². The first-order chi connectivity index (χ1) is 8.59. The van der Waals surface area contributed by atoms with Crippen LogP contribution in [0.25, 0.3) is 0 Å². The van der Waals surface area contributed by atoms with Crippen molar-refractivity contribution in [3.05, 3.63) is 28.8 Å². The van der Waals surface area contributed by atoms with Gasteiger partial charge in [-0.05, 0) is 45.9 Å². The third-order valence-corrected chi connectivity index (χ3v) is 3.84. The lowest BCUT2D eigenvalue weighted by Gasteiger charge is -2.36. The molecule has 1 aromatic rings. The van der Waals surface area contributed by atoms with E-state index >= 15 is 0 Å². The third kappa shape index (κ3) is 3.25. The lowest BCUT2D eigenvalue weighted by Crippen LogP contribution is -2.53. The molecule has 1 aromatic carbocycles. The number of nitriles is 1. The van der Waals surface area contributed by atoms with Crippen molar-refractivity contribution in [3.63, 3.8) is 0 Å². The summed E-state index contributed by atoms with van der Waals surface area (Å²) in [7, 11) is 0. The number of amides is 1. The van der Waals surface area contributed by atoms with Gasteiger partial charge in [-0.3, -0.25) is 4.79 Å². The maximum absolute atomic E-state index is 12.2. The van der Waals surface area contributed by atoms with E-state index < -0.39 is 11.0 Å². The Hall–Kier alpha value is -1.57. The van der Waals surface area contributed by atoms with Gasteiger partial charge in [0, 0.05) is 11.2 Å². The molecule has 0 heterocycles. The zero-order valence-corrected chi connectivity index (χ0v) is 12.3. The zero-order chi connectivity index (χ0) is 14.8. The van der Waals surface area contributed by atoms with Crippen LogP contribution < -0.4 is 11.1 Å². The fourth-order valence-electron chi connectivity index (χ4n) is 1.26. The lowest BCUT2D eigenvalue weighted by molar-refractivity contribution is -0.126. The highest BCUT2D eigenvalue weighted by Gasteiger charge is 2.40. The predicted molar refractivity (Wildman–Crippen MR) is 76.8 cm³/mol. The van der Waals surface area contributed by atoms with Crippen LogP contribution in [0.15, 0.2) is 18.2 Å². The van der Waals surface area contributed by atoms with Gasteiger partial charge >= 0.3 is 0 Å². The molecule has 1 rings (SSSR count). The topological polar surface area (TPSA) is 78.9 Å². The van der Waals surface area contributed by atoms with Crippen molar-refractivity contribution in [2.75, 3.05) is 5.32 Å². The minimum Gasteiger partial charge on any atom is -0.326 e. The summed E-state index contributed by atoms with van der Waals surface area (Å²) in [6.07, 6.45) is 0. The van der Waals surface area contributed by atoms with Crippen LogP contribution in [0.1, 0.15) is 33.3 Å². The summed E-state index contributed by atoms with van der Waals surface area (Å²) >= 11 is 5.92. The Balaban J connectivity index is 2.96. The number of rotatable bonds is 3. The highest BCUT2D eigenvalue weighted by molar-refractivity contribution is 6.32. The van der Waals surface area contributed by atoms with E-state index in [-0.39, 0.29) is 5.91 Å². The number of nitrogens with one attached hydrogen (secondary N) is 1. The average molecular weight is 280 g/mol.